The predicted molar refractivity (Wildman–Crippen MR) is 74.9 cm³/mol. The van der Waals surface area contributed by atoms with Gasteiger partial charge < -0.3 is 10.1 Å². The van der Waals surface area contributed by atoms with Crippen LogP contribution in [0.1, 0.15) is 15.9 Å². The molecule has 1 amide bonds. The average molecular weight is 334 g/mol. The highest BCUT2D eigenvalue weighted by molar-refractivity contribution is 7.88. The van der Waals surface area contributed by atoms with Crippen molar-refractivity contribution in [2.45, 2.75) is 18.5 Å². The van der Waals surface area contributed by atoms with Crippen molar-refractivity contribution in [1.29, 1.82) is 0 Å². The van der Waals surface area contributed by atoms with Gasteiger partial charge in [0.25, 0.3) is 5.91 Å². The Bertz CT molecular complexity index is 628. The molecule has 1 aliphatic rings. The van der Waals surface area contributed by atoms with Gasteiger partial charge in [-0.15, -0.1) is 0 Å². The van der Waals surface area contributed by atoms with Crippen LogP contribution in [0.4, 0.5) is 8.78 Å². The van der Waals surface area contributed by atoms with Gasteiger partial charge in [-0.1, -0.05) is 12.1 Å². The maximum Gasteiger partial charge on any atom is 0.345 e. The van der Waals surface area contributed by atoms with Crippen LogP contribution in [-0.4, -0.2) is 51.5 Å². The van der Waals surface area contributed by atoms with Crippen LogP contribution < -0.4 is 5.32 Å². The van der Waals surface area contributed by atoms with Gasteiger partial charge in [0.15, 0.2) is 0 Å². The minimum absolute atomic E-state index is 0.0665. The minimum atomic E-state index is -3.58. The van der Waals surface area contributed by atoms with E-state index in [1.165, 1.54) is 19.2 Å². The van der Waals surface area contributed by atoms with E-state index < -0.39 is 22.7 Å². The Morgan fingerprint density at radius 3 is 2.45 bits per heavy atom. The monoisotopic (exact) mass is 334 g/mol. The van der Waals surface area contributed by atoms with Crippen LogP contribution >= 0.6 is 0 Å². The molecule has 0 aromatic heterocycles. The highest BCUT2D eigenvalue weighted by Gasteiger charge is 2.37. The molecule has 0 spiro atoms. The van der Waals surface area contributed by atoms with Gasteiger partial charge in [0.2, 0.25) is 10.0 Å². The molecule has 1 heterocycles. The van der Waals surface area contributed by atoms with Crippen molar-refractivity contribution in [2.24, 2.45) is 0 Å². The predicted octanol–water partition coefficient (Wildman–Crippen LogP) is 0.799. The zero-order chi connectivity index (χ0) is 16.3. The van der Waals surface area contributed by atoms with Gasteiger partial charge in [0.1, 0.15) is 0 Å². The molecule has 1 N–H and O–H groups in total. The number of ether oxygens (including phenoxy) is 1. The Hall–Kier alpha value is -1.58. The molecule has 2 rings (SSSR count). The number of carbonyl (C=O) groups excluding carboxylic acids is 1. The summed E-state index contributed by atoms with van der Waals surface area (Å²) in [5.41, 5.74) is 0.948. The number of rotatable bonds is 6. The van der Waals surface area contributed by atoms with Gasteiger partial charge in [-0.2, -0.15) is 13.1 Å². The molecule has 1 aromatic carbocycles. The fourth-order valence-electron chi connectivity index (χ4n) is 2.06. The van der Waals surface area contributed by atoms with Crippen LogP contribution in [0, 0.1) is 0 Å². The second kappa shape index (κ2) is 6.67. The number of amides is 1. The first-order valence-corrected chi connectivity index (χ1v) is 8.15. The third kappa shape index (κ3) is 3.99. The molecule has 0 radical (unpaired) electrons. The normalized spacial score (nSPS) is 16.5. The summed E-state index contributed by atoms with van der Waals surface area (Å²) in [6.45, 7) is -3.03. The maximum atomic E-state index is 12.1. The zero-order valence-electron chi connectivity index (χ0n) is 11.8. The molecule has 1 fully saturated rings. The fraction of sp³-hybridized carbons (Fsp3) is 0.462. The average Bonchev–Trinajstić information content (AvgIpc) is 2.41. The van der Waals surface area contributed by atoms with E-state index in [1.54, 1.807) is 12.1 Å². The molecule has 0 unspecified atom stereocenters. The lowest BCUT2D eigenvalue weighted by molar-refractivity contribution is -0.185. The van der Waals surface area contributed by atoms with E-state index in [2.05, 4.69) is 10.1 Å². The largest absolute Gasteiger partial charge is 0.355 e. The molecule has 0 bridgehead atoms. The lowest BCUT2D eigenvalue weighted by Crippen LogP contribution is -2.55. The molecule has 0 saturated carbocycles. The minimum Gasteiger partial charge on any atom is -0.355 e. The van der Waals surface area contributed by atoms with Gasteiger partial charge in [0, 0.05) is 25.7 Å². The van der Waals surface area contributed by atoms with Gasteiger partial charge in [-0.05, 0) is 17.7 Å². The first-order chi connectivity index (χ1) is 10.3. The van der Waals surface area contributed by atoms with E-state index in [4.69, 9.17) is 0 Å². The Morgan fingerprint density at radius 1 is 1.36 bits per heavy atom. The van der Waals surface area contributed by atoms with Gasteiger partial charge >= 0.3 is 6.61 Å². The summed E-state index contributed by atoms with van der Waals surface area (Å²) in [4.78, 5) is 11.4. The molecule has 6 nitrogen and oxygen atoms in total. The summed E-state index contributed by atoms with van der Waals surface area (Å²) in [5, 5.41) is 2.47. The molecular weight excluding hydrogens is 318 g/mol. The molecule has 1 aliphatic heterocycles. The van der Waals surface area contributed by atoms with Gasteiger partial charge in [-0.25, -0.2) is 8.42 Å². The van der Waals surface area contributed by atoms with Crippen LogP contribution in [0.2, 0.25) is 0 Å². The summed E-state index contributed by atoms with van der Waals surface area (Å²) >= 11 is 0. The molecule has 1 saturated heterocycles. The molecule has 0 aliphatic carbocycles. The van der Waals surface area contributed by atoms with Crippen molar-refractivity contribution in [3.8, 4) is 0 Å². The van der Waals surface area contributed by atoms with Crippen molar-refractivity contribution >= 4 is 15.9 Å². The Kier molecular flexibility index (Phi) is 5.09. The summed E-state index contributed by atoms with van der Waals surface area (Å²) in [5.74, 6) is -0.508. The number of hydrogen-bond acceptors (Lipinski definition) is 4. The van der Waals surface area contributed by atoms with Crippen LogP contribution in [0.5, 0.6) is 0 Å². The standard InChI is InChI=1S/C13H16F2N2O4S/c1-16-12(18)10-4-2-9(3-5-10)8-22(19,20)17-6-11(7-17)21-13(14)15/h2-5,11,13H,6-8H2,1H3,(H,16,18). The van der Waals surface area contributed by atoms with Crippen LogP contribution in [0.15, 0.2) is 24.3 Å². The van der Waals surface area contributed by atoms with E-state index in [9.17, 15) is 22.0 Å². The number of hydrogen-bond donors (Lipinski definition) is 1. The first kappa shape index (κ1) is 16.8. The number of nitrogens with zero attached hydrogens (tertiary/aromatic N) is 1. The Morgan fingerprint density at radius 2 is 1.95 bits per heavy atom. The number of sulfonamides is 1. The van der Waals surface area contributed by atoms with Crippen molar-refractivity contribution in [3.05, 3.63) is 35.4 Å². The smallest absolute Gasteiger partial charge is 0.345 e. The van der Waals surface area contributed by atoms with E-state index >= 15 is 0 Å². The SMILES string of the molecule is CNC(=O)c1ccc(CS(=O)(=O)N2CC(OC(F)F)C2)cc1. The topological polar surface area (TPSA) is 75.7 Å². The number of nitrogens with one attached hydrogen (secondary N) is 1. The highest BCUT2D eigenvalue weighted by atomic mass is 32.2. The van der Waals surface area contributed by atoms with E-state index in [0.717, 1.165) is 4.31 Å². The third-order valence-electron chi connectivity index (χ3n) is 3.30. The Labute approximate surface area is 127 Å². The second-order valence-electron chi connectivity index (χ2n) is 4.87. The summed E-state index contributed by atoms with van der Waals surface area (Å²) in [6.07, 6.45) is -0.759. The van der Waals surface area contributed by atoms with Crippen molar-refractivity contribution in [3.63, 3.8) is 0 Å². The third-order valence-corrected chi connectivity index (χ3v) is 5.08. The lowest BCUT2D eigenvalue weighted by Gasteiger charge is -2.37. The second-order valence-corrected chi connectivity index (χ2v) is 6.84. The number of alkyl halides is 2. The molecule has 9 heteroatoms. The van der Waals surface area contributed by atoms with Crippen LogP contribution in [-0.2, 0) is 20.5 Å². The van der Waals surface area contributed by atoms with E-state index in [-0.39, 0.29) is 24.7 Å². The number of halogens is 2. The molecule has 0 atom stereocenters. The lowest BCUT2D eigenvalue weighted by atomic mass is 10.1. The van der Waals surface area contributed by atoms with Crippen molar-refractivity contribution < 1.29 is 26.7 Å². The summed E-state index contributed by atoms with van der Waals surface area (Å²) in [6, 6.07) is 6.16. The van der Waals surface area contributed by atoms with Crippen molar-refractivity contribution in [1.82, 2.24) is 9.62 Å². The van der Waals surface area contributed by atoms with Crippen LogP contribution in [0.25, 0.3) is 0 Å². The highest BCUT2D eigenvalue weighted by Crippen LogP contribution is 2.21. The van der Waals surface area contributed by atoms with E-state index in [1.807, 2.05) is 0 Å². The Balaban J connectivity index is 1.94. The molecule has 122 valence electrons. The molecular formula is C13H16F2N2O4S. The van der Waals surface area contributed by atoms with E-state index in [0.29, 0.717) is 11.1 Å². The summed E-state index contributed by atoms with van der Waals surface area (Å²) in [7, 11) is -2.07. The molecule has 1 aromatic rings. The quantitative estimate of drug-likeness (QED) is 0.835. The first-order valence-electron chi connectivity index (χ1n) is 6.54. The molecule has 22 heavy (non-hydrogen) atoms. The van der Waals surface area contributed by atoms with Crippen LogP contribution in [0.3, 0.4) is 0 Å². The number of benzene rings is 1. The number of carbonyl (C=O) groups is 1. The zero-order valence-corrected chi connectivity index (χ0v) is 12.6. The van der Waals surface area contributed by atoms with Gasteiger partial charge in [-0.3, -0.25) is 4.79 Å². The summed E-state index contributed by atoms with van der Waals surface area (Å²) < 4.78 is 53.5. The maximum absolute atomic E-state index is 12.1. The van der Waals surface area contributed by atoms with Gasteiger partial charge in [0.05, 0.1) is 11.9 Å². The fourth-order valence-corrected chi connectivity index (χ4v) is 3.64. The van der Waals surface area contributed by atoms with Crippen molar-refractivity contribution in [2.75, 3.05) is 20.1 Å².